The van der Waals surface area contributed by atoms with Crippen molar-refractivity contribution < 1.29 is 0 Å². The Hall–Kier alpha value is -5.22. The summed E-state index contributed by atoms with van der Waals surface area (Å²) in [6.07, 6.45) is 5.47. The highest BCUT2D eigenvalue weighted by atomic mass is 14.8. The lowest BCUT2D eigenvalue weighted by Crippen LogP contribution is -1.89. The minimum Gasteiger partial charge on any atom is -0.264 e. The molecule has 7 rings (SSSR count). The van der Waals surface area contributed by atoms with Crippen molar-refractivity contribution in [3.63, 3.8) is 0 Å². The van der Waals surface area contributed by atoms with Crippen molar-refractivity contribution in [2.24, 2.45) is 0 Å². The first kappa shape index (κ1) is 22.0. The molecule has 4 nitrogen and oxygen atoms in total. The quantitative estimate of drug-likeness (QED) is 0.251. The van der Waals surface area contributed by atoms with E-state index in [9.17, 15) is 0 Å². The third-order valence-corrected chi connectivity index (χ3v) is 6.80. The van der Waals surface area contributed by atoms with E-state index in [0.29, 0.717) is 0 Å². The van der Waals surface area contributed by atoms with Gasteiger partial charge in [-0.1, -0.05) is 66.7 Å². The molecular formula is C34H22N4. The smallest absolute Gasteiger partial charge is 0.0893 e. The molecule has 38 heavy (non-hydrogen) atoms. The predicted octanol–water partition coefficient (Wildman–Crippen LogP) is 8.24. The molecule has 4 heterocycles. The Morgan fingerprint density at radius 2 is 1.05 bits per heavy atom. The summed E-state index contributed by atoms with van der Waals surface area (Å²) in [6.45, 7) is 0. The molecule has 0 unspecified atom stereocenters. The van der Waals surface area contributed by atoms with Gasteiger partial charge in [-0.25, -0.2) is 9.97 Å². The zero-order valence-electron chi connectivity index (χ0n) is 20.5. The van der Waals surface area contributed by atoms with E-state index in [2.05, 4.69) is 94.9 Å². The summed E-state index contributed by atoms with van der Waals surface area (Å²) in [5.41, 5.74) is 10.1. The Morgan fingerprint density at radius 1 is 0.395 bits per heavy atom. The van der Waals surface area contributed by atoms with Crippen LogP contribution in [0.1, 0.15) is 0 Å². The van der Waals surface area contributed by atoms with Crippen molar-refractivity contribution in [3.05, 3.63) is 134 Å². The monoisotopic (exact) mass is 486 g/mol. The Morgan fingerprint density at radius 3 is 1.76 bits per heavy atom. The van der Waals surface area contributed by atoms with E-state index < -0.39 is 0 Å². The van der Waals surface area contributed by atoms with Gasteiger partial charge in [0.05, 0.1) is 28.1 Å². The van der Waals surface area contributed by atoms with Gasteiger partial charge >= 0.3 is 0 Å². The minimum atomic E-state index is 0.869. The Kier molecular flexibility index (Phi) is 5.41. The van der Waals surface area contributed by atoms with Crippen LogP contribution in [0.25, 0.3) is 66.7 Å². The predicted molar refractivity (Wildman–Crippen MR) is 154 cm³/mol. The lowest BCUT2D eigenvalue weighted by Gasteiger charge is -2.09. The molecule has 0 saturated carbocycles. The van der Waals surface area contributed by atoms with E-state index in [1.807, 2.05) is 36.5 Å². The van der Waals surface area contributed by atoms with Crippen molar-refractivity contribution in [3.8, 4) is 44.9 Å². The largest absolute Gasteiger partial charge is 0.264 e. The van der Waals surface area contributed by atoms with Gasteiger partial charge in [0.25, 0.3) is 0 Å². The number of pyridine rings is 4. The van der Waals surface area contributed by atoms with E-state index in [1.54, 1.807) is 12.4 Å². The number of nitrogens with zero attached hydrogens (tertiary/aromatic N) is 4. The van der Waals surface area contributed by atoms with Crippen LogP contribution in [0, 0.1) is 0 Å². The maximum atomic E-state index is 5.04. The van der Waals surface area contributed by atoms with Crippen LogP contribution in [0.5, 0.6) is 0 Å². The van der Waals surface area contributed by atoms with E-state index in [-0.39, 0.29) is 0 Å². The summed E-state index contributed by atoms with van der Waals surface area (Å²) in [5, 5.41) is 2.21. The summed E-state index contributed by atoms with van der Waals surface area (Å²) in [4.78, 5) is 18.7. The molecule has 4 heteroatoms. The van der Waals surface area contributed by atoms with E-state index in [1.165, 1.54) is 0 Å². The standard InChI is InChI=1S/C34H22N4/c1-2-18-36-31(8-1)32-16-14-24-10-12-27(21-34(24)38-32)26-11-9-23-13-15-30(37-33(23)20-26)28-6-3-5-25(19-28)29-7-4-17-35-22-29/h1-22H. The molecule has 0 radical (unpaired) electrons. The van der Waals surface area contributed by atoms with Gasteiger partial charge < -0.3 is 0 Å². The van der Waals surface area contributed by atoms with Gasteiger partial charge in [0.15, 0.2) is 0 Å². The SMILES string of the molecule is c1ccc(-c2ccc3ccc(-c4ccc5ccc(-c6cccc(-c7cccnc7)c6)nc5c4)cc3n2)nc1. The zero-order valence-corrected chi connectivity index (χ0v) is 20.5. The average molecular weight is 487 g/mol. The fourth-order valence-corrected chi connectivity index (χ4v) is 4.80. The molecule has 3 aromatic carbocycles. The fourth-order valence-electron chi connectivity index (χ4n) is 4.80. The van der Waals surface area contributed by atoms with E-state index in [0.717, 1.165) is 66.7 Å². The molecule has 0 aliphatic rings. The van der Waals surface area contributed by atoms with Crippen LogP contribution in [-0.2, 0) is 0 Å². The van der Waals surface area contributed by atoms with Crippen molar-refractivity contribution in [1.29, 1.82) is 0 Å². The topological polar surface area (TPSA) is 51.6 Å². The molecule has 0 aliphatic heterocycles. The van der Waals surface area contributed by atoms with Gasteiger partial charge in [-0.05, 0) is 65.2 Å². The van der Waals surface area contributed by atoms with Crippen molar-refractivity contribution in [1.82, 2.24) is 19.9 Å². The van der Waals surface area contributed by atoms with Gasteiger partial charge in [0, 0.05) is 40.5 Å². The van der Waals surface area contributed by atoms with Gasteiger partial charge in [-0.15, -0.1) is 0 Å². The van der Waals surface area contributed by atoms with Gasteiger partial charge in [0.1, 0.15) is 0 Å². The van der Waals surface area contributed by atoms with Crippen molar-refractivity contribution >= 4 is 21.8 Å². The molecule has 0 amide bonds. The molecular weight excluding hydrogens is 464 g/mol. The number of hydrogen-bond donors (Lipinski definition) is 0. The van der Waals surface area contributed by atoms with Crippen LogP contribution in [0.4, 0.5) is 0 Å². The van der Waals surface area contributed by atoms with Crippen LogP contribution in [0.2, 0.25) is 0 Å². The average Bonchev–Trinajstić information content (AvgIpc) is 3.01. The molecule has 4 aromatic heterocycles. The van der Waals surface area contributed by atoms with Crippen LogP contribution < -0.4 is 0 Å². The summed E-state index contributed by atoms with van der Waals surface area (Å²) < 4.78 is 0. The molecule has 0 saturated heterocycles. The second kappa shape index (κ2) is 9.34. The van der Waals surface area contributed by atoms with Gasteiger partial charge in [0.2, 0.25) is 0 Å². The Bertz CT molecular complexity index is 1920. The highest BCUT2D eigenvalue weighted by molar-refractivity contribution is 5.90. The first-order valence-corrected chi connectivity index (χ1v) is 12.5. The van der Waals surface area contributed by atoms with Crippen LogP contribution in [0.3, 0.4) is 0 Å². The molecule has 7 aromatic rings. The van der Waals surface area contributed by atoms with Crippen LogP contribution in [0.15, 0.2) is 134 Å². The number of rotatable bonds is 4. The summed E-state index contributed by atoms with van der Waals surface area (Å²) in [5.74, 6) is 0. The fraction of sp³-hybridized carbons (Fsp3) is 0. The molecule has 0 fully saturated rings. The molecule has 0 atom stereocenters. The first-order chi connectivity index (χ1) is 18.8. The van der Waals surface area contributed by atoms with Crippen LogP contribution >= 0.6 is 0 Å². The Balaban J connectivity index is 1.27. The maximum Gasteiger partial charge on any atom is 0.0893 e. The summed E-state index contributed by atoms with van der Waals surface area (Å²) >= 11 is 0. The molecule has 0 spiro atoms. The first-order valence-electron chi connectivity index (χ1n) is 12.5. The van der Waals surface area contributed by atoms with Gasteiger partial charge in [-0.2, -0.15) is 0 Å². The van der Waals surface area contributed by atoms with Gasteiger partial charge in [-0.3, -0.25) is 9.97 Å². The minimum absolute atomic E-state index is 0.869. The maximum absolute atomic E-state index is 5.04. The number of aromatic nitrogens is 4. The number of fused-ring (bicyclic) bond motifs is 2. The third-order valence-electron chi connectivity index (χ3n) is 6.80. The highest BCUT2D eigenvalue weighted by Crippen LogP contribution is 2.30. The lowest BCUT2D eigenvalue weighted by molar-refractivity contribution is 1.28. The summed E-state index contributed by atoms with van der Waals surface area (Å²) in [7, 11) is 0. The van der Waals surface area contributed by atoms with Crippen LogP contribution in [-0.4, -0.2) is 19.9 Å². The normalized spacial score (nSPS) is 11.2. The zero-order chi connectivity index (χ0) is 25.3. The van der Waals surface area contributed by atoms with E-state index in [4.69, 9.17) is 9.97 Å². The van der Waals surface area contributed by atoms with Crippen molar-refractivity contribution in [2.75, 3.05) is 0 Å². The number of hydrogen-bond acceptors (Lipinski definition) is 4. The number of benzene rings is 3. The molecule has 178 valence electrons. The third kappa shape index (κ3) is 4.18. The van der Waals surface area contributed by atoms with Crippen molar-refractivity contribution in [2.45, 2.75) is 0 Å². The summed E-state index contributed by atoms with van der Waals surface area (Å²) in [6, 6.07) is 39.6. The van der Waals surface area contributed by atoms with E-state index >= 15 is 0 Å². The second-order valence-electron chi connectivity index (χ2n) is 9.25. The molecule has 0 bridgehead atoms. The lowest BCUT2D eigenvalue weighted by atomic mass is 10.00. The highest BCUT2D eigenvalue weighted by Gasteiger charge is 2.08. The molecule has 0 aliphatic carbocycles. The Labute approximate surface area is 220 Å². The second-order valence-corrected chi connectivity index (χ2v) is 9.25. The molecule has 0 N–H and O–H groups in total.